The first-order valence-corrected chi connectivity index (χ1v) is 8.13. The Labute approximate surface area is 139 Å². The fourth-order valence-electron chi connectivity index (χ4n) is 2.09. The maximum absolute atomic E-state index is 12.0. The van der Waals surface area contributed by atoms with Crippen LogP contribution in [0.15, 0.2) is 33.5 Å². The Kier molecular flexibility index (Phi) is 6.47. The highest BCUT2D eigenvalue weighted by molar-refractivity contribution is 6.17. The van der Waals surface area contributed by atoms with E-state index in [-0.39, 0.29) is 17.8 Å². The molecule has 0 amide bonds. The van der Waals surface area contributed by atoms with Crippen molar-refractivity contribution in [3.05, 3.63) is 40.2 Å². The highest BCUT2D eigenvalue weighted by Gasteiger charge is 2.13. The van der Waals surface area contributed by atoms with Crippen LogP contribution in [-0.4, -0.2) is 25.1 Å². The van der Waals surface area contributed by atoms with E-state index in [1.807, 2.05) is 0 Å². The molecule has 0 saturated heterocycles. The van der Waals surface area contributed by atoms with Crippen molar-refractivity contribution in [2.75, 3.05) is 19.1 Å². The van der Waals surface area contributed by atoms with Gasteiger partial charge in [-0.15, -0.1) is 11.6 Å². The second kappa shape index (κ2) is 8.58. The van der Waals surface area contributed by atoms with Gasteiger partial charge in [-0.2, -0.15) is 0 Å². The summed E-state index contributed by atoms with van der Waals surface area (Å²) in [7, 11) is 0. The molecule has 6 heteroatoms. The first kappa shape index (κ1) is 17.3. The summed E-state index contributed by atoms with van der Waals surface area (Å²) in [6.45, 7) is 2.46. The number of hydrogen-bond acceptors (Lipinski definition) is 5. The van der Waals surface area contributed by atoms with E-state index in [1.54, 1.807) is 25.1 Å². The molecule has 0 saturated carbocycles. The lowest BCUT2D eigenvalue weighted by molar-refractivity contribution is 0.0490. The summed E-state index contributed by atoms with van der Waals surface area (Å²) in [5, 5.41) is 0.396. The Balaban J connectivity index is 2.16. The van der Waals surface area contributed by atoms with Crippen LogP contribution in [0.5, 0.6) is 5.75 Å². The number of carbonyl (C=O) groups is 1. The Morgan fingerprint density at radius 1 is 1.22 bits per heavy atom. The molecule has 0 fully saturated rings. The second-order valence-corrected chi connectivity index (χ2v) is 5.33. The minimum absolute atomic E-state index is 0.108. The van der Waals surface area contributed by atoms with Gasteiger partial charge < -0.3 is 13.9 Å². The number of esters is 1. The van der Waals surface area contributed by atoms with Crippen molar-refractivity contribution >= 4 is 28.5 Å². The zero-order chi connectivity index (χ0) is 16.7. The predicted octanol–water partition coefficient (Wildman–Crippen LogP) is 3.76. The molecule has 0 spiro atoms. The zero-order valence-corrected chi connectivity index (χ0v) is 13.7. The summed E-state index contributed by atoms with van der Waals surface area (Å²) in [6, 6.07) is 6.10. The van der Waals surface area contributed by atoms with Crippen molar-refractivity contribution in [1.82, 2.24) is 0 Å². The first-order valence-electron chi connectivity index (χ1n) is 7.59. The summed E-state index contributed by atoms with van der Waals surface area (Å²) in [6.07, 6.45) is 2.86. The topological polar surface area (TPSA) is 65.7 Å². The van der Waals surface area contributed by atoms with E-state index in [9.17, 15) is 9.59 Å². The lowest BCUT2D eigenvalue weighted by Gasteiger charge is -2.07. The number of carbonyl (C=O) groups excluding carboxylic acids is 1. The minimum atomic E-state index is -0.654. The lowest BCUT2D eigenvalue weighted by atomic mass is 10.2. The van der Waals surface area contributed by atoms with Crippen LogP contribution in [0.3, 0.4) is 0 Å². The third-order valence-corrected chi connectivity index (χ3v) is 3.49. The smallest absolute Gasteiger partial charge is 0.374 e. The normalized spacial score (nSPS) is 10.7. The van der Waals surface area contributed by atoms with Gasteiger partial charge in [-0.05, 0) is 38.3 Å². The van der Waals surface area contributed by atoms with Crippen LogP contribution in [0.1, 0.15) is 36.7 Å². The molecular formula is C17H19ClO5. The van der Waals surface area contributed by atoms with E-state index in [0.29, 0.717) is 29.2 Å². The molecule has 23 heavy (non-hydrogen) atoms. The largest absolute Gasteiger partial charge is 0.493 e. The van der Waals surface area contributed by atoms with Crippen LogP contribution in [0.4, 0.5) is 0 Å². The number of fused-ring (bicyclic) bond motifs is 1. The van der Waals surface area contributed by atoms with Gasteiger partial charge in [-0.3, -0.25) is 4.79 Å². The number of rotatable bonds is 8. The van der Waals surface area contributed by atoms with Crippen molar-refractivity contribution in [3.8, 4) is 5.75 Å². The highest BCUT2D eigenvalue weighted by Crippen LogP contribution is 2.20. The molecular weight excluding hydrogens is 320 g/mol. The van der Waals surface area contributed by atoms with E-state index >= 15 is 0 Å². The molecule has 0 bridgehead atoms. The van der Waals surface area contributed by atoms with Crippen LogP contribution in [0, 0.1) is 0 Å². The summed E-state index contributed by atoms with van der Waals surface area (Å²) in [5.41, 5.74) is 0.0155. The highest BCUT2D eigenvalue weighted by atomic mass is 35.5. The molecule has 1 heterocycles. The first-order chi connectivity index (χ1) is 11.2. The molecule has 2 aromatic rings. The molecule has 0 atom stereocenters. The number of unbranched alkanes of at least 4 members (excludes halogenated alkanes) is 2. The second-order valence-electron chi connectivity index (χ2n) is 4.95. The molecule has 0 radical (unpaired) electrons. The summed E-state index contributed by atoms with van der Waals surface area (Å²) >= 11 is 5.62. The third kappa shape index (κ3) is 4.73. The van der Waals surface area contributed by atoms with Crippen LogP contribution in [0.2, 0.25) is 0 Å². The van der Waals surface area contributed by atoms with Gasteiger partial charge >= 0.3 is 5.97 Å². The van der Waals surface area contributed by atoms with E-state index in [4.69, 9.17) is 25.5 Å². The SMILES string of the molecule is CCOC(=O)c1cc(=O)c2ccc(OCCCCCCl)cc2o1. The van der Waals surface area contributed by atoms with Gasteiger partial charge in [-0.25, -0.2) is 4.79 Å². The van der Waals surface area contributed by atoms with Gasteiger partial charge in [0.25, 0.3) is 0 Å². The monoisotopic (exact) mass is 338 g/mol. The molecule has 1 aromatic heterocycles. The van der Waals surface area contributed by atoms with E-state index in [2.05, 4.69) is 0 Å². The molecule has 124 valence electrons. The Bertz CT molecular complexity index is 722. The number of hydrogen-bond donors (Lipinski definition) is 0. The summed E-state index contributed by atoms with van der Waals surface area (Å²) in [4.78, 5) is 23.7. The van der Waals surface area contributed by atoms with Gasteiger partial charge in [0, 0.05) is 18.0 Å². The quantitative estimate of drug-likeness (QED) is 0.416. The maximum atomic E-state index is 12.0. The summed E-state index contributed by atoms with van der Waals surface area (Å²) < 4.78 is 15.9. The average Bonchev–Trinajstić information content (AvgIpc) is 2.54. The Morgan fingerprint density at radius 2 is 2.04 bits per heavy atom. The number of benzene rings is 1. The molecule has 0 unspecified atom stereocenters. The van der Waals surface area contributed by atoms with Gasteiger partial charge in [-0.1, -0.05) is 0 Å². The van der Waals surface area contributed by atoms with Crippen molar-refractivity contribution in [1.29, 1.82) is 0 Å². The van der Waals surface area contributed by atoms with Crippen LogP contribution in [0.25, 0.3) is 11.0 Å². The summed E-state index contributed by atoms with van der Waals surface area (Å²) in [5.74, 6) is 0.479. The van der Waals surface area contributed by atoms with Crippen molar-refractivity contribution in [3.63, 3.8) is 0 Å². The minimum Gasteiger partial charge on any atom is -0.493 e. The van der Waals surface area contributed by atoms with Gasteiger partial charge in [0.1, 0.15) is 11.3 Å². The molecule has 5 nitrogen and oxygen atoms in total. The number of alkyl halides is 1. The van der Waals surface area contributed by atoms with Gasteiger partial charge in [0.15, 0.2) is 5.43 Å². The number of ether oxygens (including phenoxy) is 2. The van der Waals surface area contributed by atoms with E-state index in [0.717, 1.165) is 25.3 Å². The molecule has 0 aliphatic heterocycles. The van der Waals surface area contributed by atoms with E-state index < -0.39 is 5.97 Å². The van der Waals surface area contributed by atoms with Crippen molar-refractivity contribution < 1.29 is 18.7 Å². The molecule has 0 aliphatic carbocycles. The lowest BCUT2D eigenvalue weighted by Crippen LogP contribution is -2.10. The number of halogens is 1. The van der Waals surface area contributed by atoms with E-state index in [1.165, 1.54) is 0 Å². The third-order valence-electron chi connectivity index (χ3n) is 3.22. The molecule has 1 aromatic carbocycles. The predicted molar refractivity (Wildman–Crippen MR) is 88.5 cm³/mol. The fourth-order valence-corrected chi connectivity index (χ4v) is 2.28. The average molecular weight is 339 g/mol. The zero-order valence-electron chi connectivity index (χ0n) is 13.0. The van der Waals surface area contributed by atoms with Crippen molar-refractivity contribution in [2.24, 2.45) is 0 Å². The van der Waals surface area contributed by atoms with Crippen LogP contribution in [-0.2, 0) is 4.74 Å². The standard InChI is InChI=1S/C17H19ClO5/c1-2-21-17(20)16-11-14(19)13-7-6-12(10-15(13)23-16)22-9-5-3-4-8-18/h6-7,10-11H,2-5,8-9H2,1H3. The Morgan fingerprint density at radius 3 is 2.78 bits per heavy atom. The molecule has 0 N–H and O–H groups in total. The van der Waals surface area contributed by atoms with Gasteiger partial charge in [0.2, 0.25) is 5.76 Å². The van der Waals surface area contributed by atoms with Crippen LogP contribution < -0.4 is 10.2 Å². The Hall–Kier alpha value is -2.01. The van der Waals surface area contributed by atoms with Crippen molar-refractivity contribution in [2.45, 2.75) is 26.2 Å². The van der Waals surface area contributed by atoms with Crippen LogP contribution >= 0.6 is 11.6 Å². The fraction of sp³-hybridized carbons (Fsp3) is 0.412. The maximum Gasteiger partial charge on any atom is 0.374 e. The molecule has 0 aliphatic rings. The van der Waals surface area contributed by atoms with Gasteiger partial charge in [0.05, 0.1) is 18.6 Å². The molecule has 2 rings (SSSR count).